The summed E-state index contributed by atoms with van der Waals surface area (Å²) < 4.78 is 40.7. The van der Waals surface area contributed by atoms with Gasteiger partial charge in [0.2, 0.25) is 5.91 Å². The molecule has 1 saturated heterocycles. The highest BCUT2D eigenvalue weighted by atomic mass is 19.4. The maximum Gasteiger partial charge on any atom is 0.389 e. The highest BCUT2D eigenvalue weighted by Gasteiger charge is 2.44. The van der Waals surface area contributed by atoms with Crippen molar-refractivity contribution in [3.05, 3.63) is 0 Å². The van der Waals surface area contributed by atoms with Crippen LogP contribution < -0.4 is 11.1 Å². The molecular formula is C10H17F3N2O2. The second-order valence-corrected chi connectivity index (χ2v) is 4.51. The number of carbonyl (C=O) groups is 1. The van der Waals surface area contributed by atoms with Gasteiger partial charge in [-0.05, 0) is 13.3 Å². The number of ether oxygens (including phenoxy) is 1. The van der Waals surface area contributed by atoms with E-state index in [4.69, 9.17) is 10.5 Å². The van der Waals surface area contributed by atoms with Crippen LogP contribution in [0.5, 0.6) is 0 Å². The van der Waals surface area contributed by atoms with Crippen LogP contribution >= 0.6 is 0 Å². The molecule has 0 saturated carbocycles. The van der Waals surface area contributed by atoms with Crippen molar-refractivity contribution in [2.75, 3.05) is 19.8 Å². The lowest BCUT2D eigenvalue weighted by molar-refractivity contribution is -0.137. The Labute approximate surface area is 97.7 Å². The molecule has 0 aliphatic carbocycles. The van der Waals surface area contributed by atoms with Gasteiger partial charge in [-0.3, -0.25) is 4.79 Å². The summed E-state index contributed by atoms with van der Waals surface area (Å²) in [5.41, 5.74) is 4.89. The van der Waals surface area contributed by atoms with E-state index in [1.165, 1.54) is 0 Å². The molecule has 1 fully saturated rings. The summed E-state index contributed by atoms with van der Waals surface area (Å²) in [4.78, 5) is 11.7. The van der Waals surface area contributed by atoms with E-state index in [-0.39, 0.29) is 25.5 Å². The standard InChI is InChI=1S/C10H17F3N2O2/c1-9(6-17-5-7(9)14)8(16)15-4-2-3-10(11,12)13/h7H,2-6,14H2,1H3,(H,15,16). The smallest absolute Gasteiger partial charge is 0.379 e. The summed E-state index contributed by atoms with van der Waals surface area (Å²) in [7, 11) is 0. The highest BCUT2D eigenvalue weighted by Crippen LogP contribution is 2.27. The number of hydrogen-bond donors (Lipinski definition) is 2. The van der Waals surface area contributed by atoms with Gasteiger partial charge in [0, 0.05) is 19.0 Å². The monoisotopic (exact) mass is 254 g/mol. The third-order valence-electron chi connectivity index (χ3n) is 2.96. The van der Waals surface area contributed by atoms with Gasteiger partial charge < -0.3 is 15.8 Å². The number of nitrogens with one attached hydrogen (secondary N) is 1. The average Bonchev–Trinajstić information content (AvgIpc) is 2.54. The average molecular weight is 254 g/mol. The van der Waals surface area contributed by atoms with Crippen LogP contribution in [0.3, 0.4) is 0 Å². The summed E-state index contributed by atoms with van der Waals surface area (Å²) in [6.07, 6.45) is -5.20. The molecule has 0 bridgehead atoms. The minimum atomic E-state index is -4.18. The molecule has 17 heavy (non-hydrogen) atoms. The van der Waals surface area contributed by atoms with E-state index in [2.05, 4.69) is 5.32 Å². The molecule has 2 unspecified atom stereocenters. The molecule has 1 aliphatic heterocycles. The summed E-state index contributed by atoms with van der Waals surface area (Å²) >= 11 is 0. The molecule has 100 valence electrons. The normalized spacial score (nSPS) is 29.4. The van der Waals surface area contributed by atoms with Gasteiger partial charge >= 0.3 is 6.18 Å². The Balaban J connectivity index is 2.30. The van der Waals surface area contributed by atoms with E-state index in [1.54, 1.807) is 6.92 Å². The molecule has 1 heterocycles. The van der Waals surface area contributed by atoms with E-state index < -0.39 is 24.1 Å². The van der Waals surface area contributed by atoms with Crippen molar-refractivity contribution in [3.63, 3.8) is 0 Å². The second kappa shape index (κ2) is 5.22. The predicted octanol–water partition coefficient (Wildman–Crippen LogP) is 0.809. The molecular weight excluding hydrogens is 237 g/mol. The largest absolute Gasteiger partial charge is 0.389 e. The minimum absolute atomic E-state index is 0.000648. The molecule has 0 aromatic carbocycles. The fourth-order valence-corrected chi connectivity index (χ4v) is 1.62. The van der Waals surface area contributed by atoms with Crippen molar-refractivity contribution in [1.82, 2.24) is 5.32 Å². The molecule has 2 atom stereocenters. The maximum atomic E-state index is 11.9. The van der Waals surface area contributed by atoms with Crippen molar-refractivity contribution >= 4 is 5.91 Å². The number of hydrogen-bond acceptors (Lipinski definition) is 3. The maximum absolute atomic E-state index is 11.9. The summed E-state index contributed by atoms with van der Waals surface area (Å²) in [6, 6.07) is -0.412. The Bertz CT molecular complexity index is 283. The zero-order valence-electron chi connectivity index (χ0n) is 9.64. The van der Waals surface area contributed by atoms with E-state index >= 15 is 0 Å². The molecule has 7 heteroatoms. The first kappa shape index (κ1) is 14.2. The summed E-state index contributed by atoms with van der Waals surface area (Å²) in [5, 5.41) is 2.47. The minimum Gasteiger partial charge on any atom is -0.379 e. The van der Waals surface area contributed by atoms with Crippen molar-refractivity contribution < 1.29 is 22.7 Å². The topological polar surface area (TPSA) is 64.3 Å². The first-order valence-electron chi connectivity index (χ1n) is 5.44. The zero-order valence-corrected chi connectivity index (χ0v) is 9.64. The van der Waals surface area contributed by atoms with Gasteiger partial charge in [0.25, 0.3) is 0 Å². The Kier molecular flexibility index (Phi) is 4.37. The number of carbonyl (C=O) groups excluding carboxylic acids is 1. The lowest BCUT2D eigenvalue weighted by atomic mass is 9.85. The quantitative estimate of drug-likeness (QED) is 0.730. The van der Waals surface area contributed by atoms with E-state index in [0.29, 0.717) is 6.61 Å². The number of halogens is 3. The van der Waals surface area contributed by atoms with Crippen LogP contribution in [-0.2, 0) is 9.53 Å². The molecule has 3 N–H and O–H groups in total. The van der Waals surface area contributed by atoms with Gasteiger partial charge in [-0.25, -0.2) is 0 Å². The molecule has 1 rings (SSSR count). The Hall–Kier alpha value is -0.820. The third kappa shape index (κ3) is 3.85. The summed E-state index contributed by atoms with van der Waals surface area (Å²) in [6.45, 7) is 2.16. The van der Waals surface area contributed by atoms with Crippen LogP contribution in [0.15, 0.2) is 0 Å². The Morgan fingerprint density at radius 1 is 1.59 bits per heavy atom. The van der Waals surface area contributed by atoms with E-state index in [9.17, 15) is 18.0 Å². The lowest BCUT2D eigenvalue weighted by Crippen LogP contribution is -2.50. The molecule has 0 spiro atoms. The Morgan fingerprint density at radius 3 is 2.71 bits per heavy atom. The Morgan fingerprint density at radius 2 is 2.24 bits per heavy atom. The molecule has 4 nitrogen and oxygen atoms in total. The fourth-order valence-electron chi connectivity index (χ4n) is 1.62. The molecule has 0 aromatic heterocycles. The van der Waals surface area contributed by atoms with Gasteiger partial charge in [-0.2, -0.15) is 13.2 Å². The molecule has 0 radical (unpaired) electrons. The van der Waals surface area contributed by atoms with Gasteiger partial charge in [0.05, 0.1) is 18.6 Å². The number of amides is 1. The SMILES string of the molecule is CC1(C(=O)NCCCC(F)(F)F)COCC1N. The molecule has 1 aliphatic rings. The number of rotatable bonds is 4. The van der Waals surface area contributed by atoms with Crippen LogP contribution in [0, 0.1) is 5.41 Å². The van der Waals surface area contributed by atoms with Crippen LogP contribution in [0.4, 0.5) is 13.2 Å². The van der Waals surface area contributed by atoms with Gasteiger partial charge in [-0.15, -0.1) is 0 Å². The first-order chi connectivity index (χ1) is 7.76. The van der Waals surface area contributed by atoms with Gasteiger partial charge in [0.1, 0.15) is 0 Å². The van der Waals surface area contributed by atoms with Crippen molar-refractivity contribution in [3.8, 4) is 0 Å². The van der Waals surface area contributed by atoms with Crippen molar-refractivity contribution in [2.45, 2.75) is 32.0 Å². The predicted molar refractivity (Wildman–Crippen MR) is 55.2 cm³/mol. The number of alkyl halides is 3. The lowest BCUT2D eigenvalue weighted by Gasteiger charge is -2.25. The summed E-state index contributed by atoms with van der Waals surface area (Å²) in [5.74, 6) is -0.343. The zero-order chi connectivity index (χ0) is 13.1. The van der Waals surface area contributed by atoms with E-state index in [1.807, 2.05) is 0 Å². The van der Waals surface area contributed by atoms with Crippen LogP contribution in [0.2, 0.25) is 0 Å². The first-order valence-corrected chi connectivity index (χ1v) is 5.44. The fraction of sp³-hybridized carbons (Fsp3) is 0.900. The van der Waals surface area contributed by atoms with Crippen molar-refractivity contribution in [1.29, 1.82) is 0 Å². The van der Waals surface area contributed by atoms with Crippen LogP contribution in [0.1, 0.15) is 19.8 Å². The molecule has 1 amide bonds. The van der Waals surface area contributed by atoms with Gasteiger partial charge in [0.15, 0.2) is 0 Å². The highest BCUT2D eigenvalue weighted by molar-refractivity contribution is 5.83. The molecule has 0 aromatic rings. The van der Waals surface area contributed by atoms with Gasteiger partial charge in [-0.1, -0.05) is 0 Å². The third-order valence-corrected chi connectivity index (χ3v) is 2.96. The second-order valence-electron chi connectivity index (χ2n) is 4.51. The number of nitrogens with two attached hydrogens (primary N) is 1. The van der Waals surface area contributed by atoms with Crippen molar-refractivity contribution in [2.24, 2.45) is 11.1 Å². The van der Waals surface area contributed by atoms with Crippen LogP contribution in [0.25, 0.3) is 0 Å². The van der Waals surface area contributed by atoms with E-state index in [0.717, 1.165) is 0 Å². The van der Waals surface area contributed by atoms with Crippen LogP contribution in [-0.4, -0.2) is 37.9 Å².